The van der Waals surface area contributed by atoms with Gasteiger partial charge in [0.25, 0.3) is 5.91 Å². The molecule has 1 atom stereocenters. The molecule has 0 saturated carbocycles. The van der Waals surface area contributed by atoms with Gasteiger partial charge in [-0.3, -0.25) is 4.79 Å². The molecule has 0 fully saturated rings. The minimum Gasteiger partial charge on any atom is -0.384 e. The van der Waals surface area contributed by atoms with Crippen molar-refractivity contribution in [2.75, 3.05) is 6.61 Å². The van der Waals surface area contributed by atoms with E-state index in [9.17, 15) is 4.79 Å². The lowest BCUT2D eigenvalue weighted by molar-refractivity contribution is 0.0939. The molecule has 1 unspecified atom stereocenters. The first-order chi connectivity index (χ1) is 10.2. The number of aliphatic hydroxyl groups is 1. The van der Waals surface area contributed by atoms with Crippen LogP contribution in [-0.4, -0.2) is 17.6 Å². The average Bonchev–Trinajstić information content (AvgIpc) is 2.54. The molecule has 1 amide bonds. The SMILES string of the molecule is CC(NC(=O)c1ccccc1C#CCO)c1ccccc1. The Morgan fingerprint density at radius 3 is 2.52 bits per heavy atom. The van der Waals surface area contributed by atoms with E-state index in [0.29, 0.717) is 11.1 Å². The van der Waals surface area contributed by atoms with Crippen LogP contribution in [0.1, 0.15) is 34.5 Å². The highest BCUT2D eigenvalue weighted by molar-refractivity contribution is 5.96. The van der Waals surface area contributed by atoms with Crippen molar-refractivity contribution in [1.29, 1.82) is 0 Å². The Morgan fingerprint density at radius 2 is 1.81 bits per heavy atom. The lowest BCUT2D eigenvalue weighted by atomic mass is 10.1. The fourth-order valence-electron chi connectivity index (χ4n) is 2.02. The first-order valence-electron chi connectivity index (χ1n) is 6.77. The summed E-state index contributed by atoms with van der Waals surface area (Å²) in [4.78, 5) is 12.4. The van der Waals surface area contributed by atoms with Gasteiger partial charge in [-0.2, -0.15) is 0 Å². The van der Waals surface area contributed by atoms with E-state index in [4.69, 9.17) is 5.11 Å². The molecule has 2 aromatic rings. The monoisotopic (exact) mass is 279 g/mol. The molecule has 3 nitrogen and oxygen atoms in total. The first-order valence-corrected chi connectivity index (χ1v) is 6.77. The molecule has 0 aliphatic carbocycles. The Morgan fingerprint density at radius 1 is 1.14 bits per heavy atom. The molecule has 0 saturated heterocycles. The summed E-state index contributed by atoms with van der Waals surface area (Å²) in [5.74, 6) is 5.19. The summed E-state index contributed by atoms with van der Waals surface area (Å²) >= 11 is 0. The second-order valence-corrected chi connectivity index (χ2v) is 4.61. The summed E-state index contributed by atoms with van der Waals surface area (Å²) in [5.41, 5.74) is 2.18. The van der Waals surface area contributed by atoms with Crippen LogP contribution in [-0.2, 0) is 0 Å². The molecule has 21 heavy (non-hydrogen) atoms. The zero-order chi connectivity index (χ0) is 15.1. The van der Waals surface area contributed by atoms with Crippen LogP contribution in [0.3, 0.4) is 0 Å². The number of benzene rings is 2. The molecule has 0 bridgehead atoms. The van der Waals surface area contributed by atoms with Crippen molar-refractivity contribution in [1.82, 2.24) is 5.32 Å². The van der Waals surface area contributed by atoms with E-state index >= 15 is 0 Å². The Bertz CT molecular complexity index is 668. The number of nitrogens with one attached hydrogen (secondary N) is 1. The lowest BCUT2D eigenvalue weighted by Gasteiger charge is -2.15. The maximum Gasteiger partial charge on any atom is 0.253 e. The predicted molar refractivity (Wildman–Crippen MR) is 82.7 cm³/mol. The predicted octanol–water partition coefficient (Wildman–Crippen LogP) is 2.52. The topological polar surface area (TPSA) is 49.3 Å². The summed E-state index contributed by atoms with van der Waals surface area (Å²) < 4.78 is 0. The molecule has 0 heterocycles. The molecular formula is C18H17NO2. The van der Waals surface area contributed by atoms with Gasteiger partial charge >= 0.3 is 0 Å². The fourth-order valence-corrected chi connectivity index (χ4v) is 2.02. The highest BCUT2D eigenvalue weighted by Gasteiger charge is 2.13. The van der Waals surface area contributed by atoms with Crippen LogP contribution in [0, 0.1) is 11.8 Å². The normalized spacial score (nSPS) is 11.1. The van der Waals surface area contributed by atoms with E-state index in [1.807, 2.05) is 43.3 Å². The minimum atomic E-state index is -0.226. The molecule has 2 N–H and O–H groups in total. The number of hydrogen-bond donors (Lipinski definition) is 2. The second kappa shape index (κ2) is 7.28. The summed E-state index contributed by atoms with van der Waals surface area (Å²) in [6.07, 6.45) is 0. The lowest BCUT2D eigenvalue weighted by Crippen LogP contribution is -2.27. The molecule has 106 valence electrons. The fraction of sp³-hybridized carbons (Fsp3) is 0.167. The van der Waals surface area contributed by atoms with Crippen LogP contribution in [0.25, 0.3) is 0 Å². The quantitative estimate of drug-likeness (QED) is 0.848. The van der Waals surface area contributed by atoms with Crippen LogP contribution in [0.2, 0.25) is 0 Å². The maximum absolute atomic E-state index is 12.4. The number of rotatable bonds is 3. The maximum atomic E-state index is 12.4. The van der Waals surface area contributed by atoms with Gasteiger partial charge in [0.05, 0.1) is 11.6 Å². The van der Waals surface area contributed by atoms with Gasteiger partial charge in [0.15, 0.2) is 0 Å². The minimum absolute atomic E-state index is 0.0856. The van der Waals surface area contributed by atoms with E-state index in [0.717, 1.165) is 5.56 Å². The third-order valence-electron chi connectivity index (χ3n) is 3.12. The van der Waals surface area contributed by atoms with E-state index in [2.05, 4.69) is 17.2 Å². The van der Waals surface area contributed by atoms with E-state index in [1.54, 1.807) is 18.2 Å². The van der Waals surface area contributed by atoms with Crippen molar-refractivity contribution >= 4 is 5.91 Å². The van der Waals surface area contributed by atoms with Crippen LogP contribution >= 0.6 is 0 Å². The largest absolute Gasteiger partial charge is 0.384 e. The molecule has 2 aromatic carbocycles. The van der Waals surface area contributed by atoms with Crippen molar-refractivity contribution in [3.63, 3.8) is 0 Å². The van der Waals surface area contributed by atoms with Crippen molar-refractivity contribution < 1.29 is 9.90 Å². The van der Waals surface area contributed by atoms with Gasteiger partial charge in [0.1, 0.15) is 6.61 Å². The number of carbonyl (C=O) groups is 1. The van der Waals surface area contributed by atoms with E-state index in [1.165, 1.54) is 0 Å². The zero-order valence-corrected chi connectivity index (χ0v) is 11.8. The van der Waals surface area contributed by atoms with Gasteiger partial charge in [-0.05, 0) is 24.6 Å². The molecule has 0 aliphatic rings. The third kappa shape index (κ3) is 3.95. The Kier molecular flexibility index (Phi) is 5.14. The number of aliphatic hydroxyl groups excluding tert-OH is 1. The Labute approximate surface area is 124 Å². The molecule has 0 radical (unpaired) electrons. The van der Waals surface area contributed by atoms with Crippen molar-refractivity contribution in [2.24, 2.45) is 0 Å². The molecule has 0 aromatic heterocycles. The van der Waals surface area contributed by atoms with Crippen LogP contribution < -0.4 is 5.32 Å². The standard InChI is InChI=1S/C18H17NO2/c1-14(15-8-3-2-4-9-15)19-18(21)17-12-6-5-10-16(17)11-7-13-20/h2-6,8-10,12,14,20H,13H2,1H3,(H,19,21). The molecule has 0 spiro atoms. The van der Waals surface area contributed by atoms with Crippen molar-refractivity contribution in [3.8, 4) is 11.8 Å². The van der Waals surface area contributed by atoms with Gasteiger partial charge in [0, 0.05) is 5.56 Å². The third-order valence-corrected chi connectivity index (χ3v) is 3.12. The Balaban J connectivity index is 2.17. The van der Waals surface area contributed by atoms with Gasteiger partial charge in [-0.1, -0.05) is 54.3 Å². The van der Waals surface area contributed by atoms with E-state index < -0.39 is 0 Å². The highest BCUT2D eigenvalue weighted by Crippen LogP contribution is 2.14. The number of amides is 1. The van der Waals surface area contributed by atoms with Gasteiger partial charge in [-0.25, -0.2) is 0 Å². The zero-order valence-electron chi connectivity index (χ0n) is 11.8. The van der Waals surface area contributed by atoms with Crippen LogP contribution in [0.4, 0.5) is 0 Å². The molecule has 3 heteroatoms. The number of hydrogen-bond acceptors (Lipinski definition) is 2. The Hall–Kier alpha value is -2.57. The summed E-state index contributed by atoms with van der Waals surface area (Å²) in [5, 5.41) is 11.7. The van der Waals surface area contributed by atoms with Gasteiger partial charge in [0.2, 0.25) is 0 Å². The molecule has 0 aliphatic heterocycles. The number of carbonyl (C=O) groups excluding carboxylic acids is 1. The molecular weight excluding hydrogens is 262 g/mol. The summed E-state index contributed by atoms with van der Waals surface area (Å²) in [6.45, 7) is 1.71. The van der Waals surface area contributed by atoms with E-state index in [-0.39, 0.29) is 18.6 Å². The average molecular weight is 279 g/mol. The van der Waals surface area contributed by atoms with Gasteiger partial charge in [-0.15, -0.1) is 0 Å². The van der Waals surface area contributed by atoms with Crippen LogP contribution in [0.5, 0.6) is 0 Å². The van der Waals surface area contributed by atoms with Crippen molar-refractivity contribution in [3.05, 3.63) is 71.3 Å². The second-order valence-electron chi connectivity index (χ2n) is 4.61. The van der Waals surface area contributed by atoms with Crippen LogP contribution in [0.15, 0.2) is 54.6 Å². The first kappa shape index (κ1) is 14.8. The molecule has 2 rings (SSSR count). The highest BCUT2D eigenvalue weighted by atomic mass is 16.2. The summed E-state index contributed by atoms with van der Waals surface area (Å²) in [6, 6.07) is 16.8. The smallest absolute Gasteiger partial charge is 0.253 e. The van der Waals surface area contributed by atoms with Gasteiger partial charge < -0.3 is 10.4 Å². The van der Waals surface area contributed by atoms with Crippen molar-refractivity contribution in [2.45, 2.75) is 13.0 Å². The summed E-state index contributed by atoms with van der Waals surface area (Å²) in [7, 11) is 0.